The number of carbonyl (C=O) groups is 1. The highest BCUT2D eigenvalue weighted by Crippen LogP contribution is 2.21. The number of ether oxygens (including phenoxy) is 1. The van der Waals surface area contributed by atoms with Crippen LogP contribution >= 0.6 is 0 Å². The number of hydrogen-bond acceptors (Lipinski definition) is 3. The molecule has 4 nitrogen and oxygen atoms in total. The van der Waals surface area contributed by atoms with Gasteiger partial charge < -0.3 is 9.30 Å². The van der Waals surface area contributed by atoms with Crippen molar-refractivity contribution >= 4 is 5.97 Å². The summed E-state index contributed by atoms with van der Waals surface area (Å²) in [6, 6.07) is 7.26. The number of carbonyl (C=O) groups excluding carboxylic acids is 1. The van der Waals surface area contributed by atoms with Crippen molar-refractivity contribution in [2.24, 2.45) is 7.05 Å². The smallest absolute Gasteiger partial charge is 0.338 e. The first-order chi connectivity index (χ1) is 7.74. The van der Waals surface area contributed by atoms with Gasteiger partial charge in [0.15, 0.2) is 0 Å². The predicted molar refractivity (Wildman–Crippen MR) is 60.0 cm³/mol. The number of imidazole rings is 1. The fourth-order valence-electron chi connectivity index (χ4n) is 1.59. The van der Waals surface area contributed by atoms with E-state index in [1.165, 1.54) is 7.11 Å². The minimum absolute atomic E-state index is 0.349. The third-order valence-corrected chi connectivity index (χ3v) is 2.39. The van der Waals surface area contributed by atoms with Crippen molar-refractivity contribution in [3.63, 3.8) is 0 Å². The monoisotopic (exact) mass is 216 g/mol. The average Bonchev–Trinajstić information content (AvgIpc) is 2.74. The number of aromatic nitrogens is 2. The Kier molecular flexibility index (Phi) is 2.72. The summed E-state index contributed by atoms with van der Waals surface area (Å²) >= 11 is 0. The second kappa shape index (κ2) is 4.18. The maximum absolute atomic E-state index is 11.6. The minimum atomic E-state index is -0.349. The molecule has 16 heavy (non-hydrogen) atoms. The van der Waals surface area contributed by atoms with Gasteiger partial charge >= 0.3 is 5.97 Å². The van der Waals surface area contributed by atoms with E-state index in [-0.39, 0.29) is 5.97 Å². The molecule has 2 aromatic rings. The summed E-state index contributed by atoms with van der Waals surface area (Å²) in [6.07, 6.45) is 3.53. The zero-order valence-corrected chi connectivity index (χ0v) is 9.18. The van der Waals surface area contributed by atoms with Crippen molar-refractivity contribution in [2.75, 3.05) is 7.11 Å². The second-order valence-corrected chi connectivity index (χ2v) is 3.40. The summed E-state index contributed by atoms with van der Waals surface area (Å²) in [5, 5.41) is 0. The van der Waals surface area contributed by atoms with Crippen LogP contribution in [0.1, 0.15) is 10.4 Å². The molecule has 0 atom stereocenters. The standard InChI is InChI=1S/C12H12N2O2/c1-14-8-7-13-11(14)9-5-3-4-6-10(9)12(15)16-2/h3-8H,1-2H3. The Morgan fingerprint density at radius 3 is 2.75 bits per heavy atom. The Bertz CT molecular complexity index is 517. The van der Waals surface area contributed by atoms with Crippen LogP contribution in [0.4, 0.5) is 0 Å². The second-order valence-electron chi connectivity index (χ2n) is 3.40. The van der Waals surface area contributed by atoms with E-state index in [0.717, 1.165) is 11.4 Å². The van der Waals surface area contributed by atoms with Crippen LogP contribution in [-0.4, -0.2) is 22.6 Å². The quantitative estimate of drug-likeness (QED) is 0.720. The number of methoxy groups -OCH3 is 1. The summed E-state index contributed by atoms with van der Waals surface area (Å²) in [5.74, 6) is 0.402. The molecule has 0 unspecified atom stereocenters. The van der Waals surface area contributed by atoms with Gasteiger partial charge in [0, 0.05) is 25.0 Å². The van der Waals surface area contributed by atoms with E-state index >= 15 is 0 Å². The van der Waals surface area contributed by atoms with Gasteiger partial charge in [0.2, 0.25) is 0 Å². The molecule has 0 fully saturated rings. The van der Waals surface area contributed by atoms with Gasteiger partial charge in [-0.25, -0.2) is 9.78 Å². The number of esters is 1. The number of benzene rings is 1. The lowest BCUT2D eigenvalue weighted by Gasteiger charge is -2.07. The molecule has 0 saturated heterocycles. The minimum Gasteiger partial charge on any atom is -0.465 e. The SMILES string of the molecule is COC(=O)c1ccccc1-c1nccn1C. The van der Waals surface area contributed by atoms with Crippen LogP contribution in [0, 0.1) is 0 Å². The van der Waals surface area contributed by atoms with Crippen LogP contribution < -0.4 is 0 Å². The van der Waals surface area contributed by atoms with Crippen LogP contribution in [0.3, 0.4) is 0 Å². The van der Waals surface area contributed by atoms with Crippen molar-refractivity contribution in [3.05, 3.63) is 42.2 Å². The summed E-state index contributed by atoms with van der Waals surface area (Å²) in [5.41, 5.74) is 1.31. The van der Waals surface area contributed by atoms with Crippen molar-refractivity contribution < 1.29 is 9.53 Å². The molecule has 1 aromatic heterocycles. The lowest BCUT2D eigenvalue weighted by Crippen LogP contribution is -2.05. The van der Waals surface area contributed by atoms with Gasteiger partial charge in [0.1, 0.15) is 5.82 Å². The molecule has 0 saturated carbocycles. The maximum Gasteiger partial charge on any atom is 0.338 e. The lowest BCUT2D eigenvalue weighted by molar-refractivity contribution is 0.0601. The van der Waals surface area contributed by atoms with Gasteiger partial charge in [-0.2, -0.15) is 0 Å². The zero-order chi connectivity index (χ0) is 11.5. The van der Waals surface area contributed by atoms with Crippen molar-refractivity contribution in [2.45, 2.75) is 0 Å². The molecule has 0 aliphatic heterocycles. The van der Waals surface area contributed by atoms with E-state index < -0.39 is 0 Å². The summed E-state index contributed by atoms with van der Waals surface area (Å²) < 4.78 is 6.60. The first-order valence-electron chi connectivity index (χ1n) is 4.89. The first-order valence-corrected chi connectivity index (χ1v) is 4.89. The van der Waals surface area contributed by atoms with Crippen LogP contribution in [0.25, 0.3) is 11.4 Å². The normalized spacial score (nSPS) is 10.1. The fraction of sp³-hybridized carbons (Fsp3) is 0.167. The Balaban J connectivity index is 2.57. The highest BCUT2D eigenvalue weighted by Gasteiger charge is 2.14. The Hall–Kier alpha value is -2.10. The van der Waals surface area contributed by atoms with Crippen LogP contribution in [0.15, 0.2) is 36.7 Å². The molecule has 2 rings (SSSR count). The first kappa shape index (κ1) is 10.4. The van der Waals surface area contributed by atoms with E-state index in [2.05, 4.69) is 4.98 Å². The highest BCUT2D eigenvalue weighted by atomic mass is 16.5. The molecule has 1 aromatic carbocycles. The molecular formula is C12H12N2O2. The number of aryl methyl sites for hydroxylation is 1. The highest BCUT2D eigenvalue weighted by molar-refractivity contribution is 5.96. The van der Waals surface area contributed by atoms with Gasteiger partial charge in [0.05, 0.1) is 12.7 Å². The van der Waals surface area contributed by atoms with E-state index in [0.29, 0.717) is 5.56 Å². The van der Waals surface area contributed by atoms with E-state index in [4.69, 9.17) is 4.74 Å². The molecule has 0 bridgehead atoms. The maximum atomic E-state index is 11.6. The van der Waals surface area contributed by atoms with Crippen molar-refractivity contribution in [1.82, 2.24) is 9.55 Å². The third kappa shape index (κ3) is 1.69. The Morgan fingerprint density at radius 1 is 1.38 bits per heavy atom. The molecule has 0 radical (unpaired) electrons. The fourth-order valence-corrected chi connectivity index (χ4v) is 1.59. The van der Waals surface area contributed by atoms with E-state index in [9.17, 15) is 4.79 Å². The Labute approximate surface area is 93.5 Å². The molecule has 1 heterocycles. The van der Waals surface area contributed by atoms with Gasteiger partial charge in [-0.1, -0.05) is 18.2 Å². The molecule has 0 aliphatic rings. The molecule has 0 amide bonds. The van der Waals surface area contributed by atoms with Gasteiger partial charge in [-0.05, 0) is 6.07 Å². The van der Waals surface area contributed by atoms with Gasteiger partial charge in [-0.15, -0.1) is 0 Å². The molecule has 0 spiro atoms. The molecule has 0 N–H and O–H groups in total. The molecule has 82 valence electrons. The molecular weight excluding hydrogens is 204 g/mol. The largest absolute Gasteiger partial charge is 0.465 e. The molecule has 4 heteroatoms. The van der Waals surface area contributed by atoms with E-state index in [1.54, 1.807) is 18.3 Å². The van der Waals surface area contributed by atoms with E-state index in [1.807, 2.05) is 29.9 Å². The summed E-state index contributed by atoms with van der Waals surface area (Å²) in [7, 11) is 3.26. The van der Waals surface area contributed by atoms with Crippen LogP contribution in [0.2, 0.25) is 0 Å². The van der Waals surface area contributed by atoms with Crippen LogP contribution in [0.5, 0.6) is 0 Å². The Morgan fingerprint density at radius 2 is 2.12 bits per heavy atom. The van der Waals surface area contributed by atoms with Crippen LogP contribution in [-0.2, 0) is 11.8 Å². The predicted octanol–water partition coefficient (Wildman–Crippen LogP) is 1.87. The number of hydrogen-bond donors (Lipinski definition) is 0. The lowest BCUT2D eigenvalue weighted by atomic mass is 10.1. The third-order valence-electron chi connectivity index (χ3n) is 2.39. The van der Waals surface area contributed by atoms with Gasteiger partial charge in [0.25, 0.3) is 0 Å². The topological polar surface area (TPSA) is 44.1 Å². The van der Waals surface area contributed by atoms with Crippen molar-refractivity contribution in [1.29, 1.82) is 0 Å². The number of rotatable bonds is 2. The number of nitrogens with zero attached hydrogens (tertiary/aromatic N) is 2. The van der Waals surface area contributed by atoms with Gasteiger partial charge in [-0.3, -0.25) is 0 Å². The summed E-state index contributed by atoms with van der Waals surface area (Å²) in [6.45, 7) is 0. The summed E-state index contributed by atoms with van der Waals surface area (Å²) in [4.78, 5) is 15.8. The molecule has 0 aliphatic carbocycles. The zero-order valence-electron chi connectivity index (χ0n) is 9.18. The average molecular weight is 216 g/mol. The van der Waals surface area contributed by atoms with Crippen molar-refractivity contribution in [3.8, 4) is 11.4 Å².